The molecule has 25 heavy (non-hydrogen) atoms. The first kappa shape index (κ1) is 17.0. The summed E-state index contributed by atoms with van der Waals surface area (Å²) in [6.07, 6.45) is -4.26. The number of halogens is 3. The third-order valence-corrected chi connectivity index (χ3v) is 3.95. The Morgan fingerprint density at radius 3 is 2.68 bits per heavy atom. The highest BCUT2D eigenvalue weighted by Gasteiger charge is 2.34. The Morgan fingerprint density at radius 1 is 1.20 bits per heavy atom. The second-order valence-corrected chi connectivity index (χ2v) is 5.85. The summed E-state index contributed by atoms with van der Waals surface area (Å²) in [5, 5.41) is 11.6. The monoisotopic (exact) mass is 345 g/mol. The Kier molecular flexibility index (Phi) is 4.47. The first-order chi connectivity index (χ1) is 11.9. The van der Waals surface area contributed by atoms with Crippen LogP contribution in [-0.2, 0) is 13.1 Å². The number of nitriles is 1. The number of benzene rings is 2. The van der Waals surface area contributed by atoms with Crippen LogP contribution in [0.25, 0.3) is 0 Å². The molecule has 0 fully saturated rings. The second-order valence-electron chi connectivity index (χ2n) is 5.85. The average molecular weight is 345 g/mol. The number of hydrogen-bond donors (Lipinski definition) is 1. The predicted molar refractivity (Wildman–Crippen MR) is 85.7 cm³/mol. The molecule has 3 rings (SSSR count). The maximum Gasteiger partial charge on any atom is 0.401 e. The molecule has 0 aliphatic carbocycles. The molecule has 7 heteroatoms. The Hall–Kier alpha value is -2.85. The minimum atomic E-state index is -4.26. The van der Waals surface area contributed by atoms with Crippen molar-refractivity contribution in [3.63, 3.8) is 0 Å². The van der Waals surface area contributed by atoms with Gasteiger partial charge in [0, 0.05) is 24.3 Å². The number of fused-ring (bicyclic) bond motifs is 1. The van der Waals surface area contributed by atoms with Crippen LogP contribution in [0.4, 0.5) is 18.9 Å². The van der Waals surface area contributed by atoms with Gasteiger partial charge in [0.05, 0.1) is 18.2 Å². The van der Waals surface area contributed by atoms with Crippen LogP contribution in [0.3, 0.4) is 0 Å². The normalized spacial score (nSPS) is 14.0. The number of hydrogen-bond acceptors (Lipinski definition) is 3. The third kappa shape index (κ3) is 3.98. The van der Waals surface area contributed by atoms with E-state index in [9.17, 15) is 18.0 Å². The van der Waals surface area contributed by atoms with Gasteiger partial charge in [-0.2, -0.15) is 18.4 Å². The number of anilines is 1. The van der Waals surface area contributed by atoms with Crippen LogP contribution in [0.5, 0.6) is 0 Å². The number of nitrogens with one attached hydrogen (secondary N) is 1. The van der Waals surface area contributed by atoms with Crippen molar-refractivity contribution in [3.05, 3.63) is 64.7 Å². The average Bonchev–Trinajstić information content (AvgIpc) is 2.96. The van der Waals surface area contributed by atoms with Crippen molar-refractivity contribution >= 4 is 11.6 Å². The molecule has 0 saturated carbocycles. The molecule has 2 aromatic rings. The summed E-state index contributed by atoms with van der Waals surface area (Å²) in [6.45, 7) is -0.661. The smallest absolute Gasteiger partial charge is 0.322 e. The van der Waals surface area contributed by atoms with E-state index in [2.05, 4.69) is 5.32 Å². The van der Waals surface area contributed by atoms with E-state index >= 15 is 0 Å². The fourth-order valence-corrected chi connectivity index (χ4v) is 2.90. The summed E-state index contributed by atoms with van der Waals surface area (Å²) in [7, 11) is 0. The van der Waals surface area contributed by atoms with Gasteiger partial charge in [0.2, 0.25) is 0 Å². The van der Waals surface area contributed by atoms with Crippen LogP contribution >= 0.6 is 0 Å². The van der Waals surface area contributed by atoms with Gasteiger partial charge in [0.25, 0.3) is 5.91 Å². The van der Waals surface area contributed by atoms with E-state index in [0.717, 1.165) is 5.56 Å². The maximum absolute atomic E-state index is 12.6. The molecular formula is C18H14F3N3O. The topological polar surface area (TPSA) is 56.1 Å². The van der Waals surface area contributed by atoms with Gasteiger partial charge in [-0.15, -0.1) is 0 Å². The van der Waals surface area contributed by atoms with Gasteiger partial charge in [-0.1, -0.05) is 18.2 Å². The Bertz CT molecular complexity index is 855. The van der Waals surface area contributed by atoms with Crippen molar-refractivity contribution in [1.29, 1.82) is 5.26 Å². The van der Waals surface area contributed by atoms with E-state index in [1.54, 1.807) is 36.4 Å². The SMILES string of the molecule is N#Cc1cccc(C(=O)Nc2cccc3c2CN(CC(F)(F)F)C3)c1. The van der Waals surface area contributed by atoms with Gasteiger partial charge < -0.3 is 5.32 Å². The number of amides is 1. The zero-order valence-corrected chi connectivity index (χ0v) is 13.1. The van der Waals surface area contributed by atoms with Crippen molar-refractivity contribution in [2.75, 3.05) is 11.9 Å². The van der Waals surface area contributed by atoms with E-state index in [0.29, 0.717) is 22.4 Å². The highest BCUT2D eigenvalue weighted by molar-refractivity contribution is 6.05. The molecule has 0 spiro atoms. The van der Waals surface area contributed by atoms with Crippen LogP contribution in [0.1, 0.15) is 27.0 Å². The van der Waals surface area contributed by atoms with Crippen LogP contribution in [0, 0.1) is 11.3 Å². The Balaban J connectivity index is 1.79. The number of nitrogens with zero attached hydrogens (tertiary/aromatic N) is 2. The van der Waals surface area contributed by atoms with Crippen molar-refractivity contribution in [1.82, 2.24) is 4.90 Å². The molecule has 4 nitrogen and oxygen atoms in total. The fourth-order valence-electron chi connectivity index (χ4n) is 2.90. The summed E-state index contributed by atoms with van der Waals surface area (Å²) in [6, 6.07) is 13.3. The number of carbonyl (C=O) groups is 1. The highest BCUT2D eigenvalue weighted by atomic mass is 19.4. The summed E-state index contributed by atoms with van der Waals surface area (Å²) < 4.78 is 37.8. The molecular weight excluding hydrogens is 331 g/mol. The van der Waals surface area contributed by atoms with E-state index in [4.69, 9.17) is 5.26 Å². The van der Waals surface area contributed by atoms with Gasteiger partial charge >= 0.3 is 6.18 Å². The minimum absolute atomic E-state index is 0.129. The van der Waals surface area contributed by atoms with Crippen molar-refractivity contribution < 1.29 is 18.0 Å². The first-order valence-corrected chi connectivity index (χ1v) is 7.57. The summed E-state index contributed by atoms with van der Waals surface area (Å²) >= 11 is 0. The molecule has 1 amide bonds. The lowest BCUT2D eigenvalue weighted by molar-refractivity contribution is -0.146. The zero-order valence-electron chi connectivity index (χ0n) is 13.1. The lowest BCUT2D eigenvalue weighted by atomic mass is 10.1. The maximum atomic E-state index is 12.6. The molecule has 0 bridgehead atoms. The molecule has 0 saturated heterocycles. The summed E-state index contributed by atoms with van der Waals surface area (Å²) in [5.74, 6) is -0.403. The van der Waals surface area contributed by atoms with Crippen LogP contribution < -0.4 is 5.32 Å². The van der Waals surface area contributed by atoms with Crippen molar-refractivity contribution in [2.45, 2.75) is 19.3 Å². The van der Waals surface area contributed by atoms with Gasteiger partial charge in [-0.05, 0) is 35.4 Å². The molecule has 0 atom stereocenters. The van der Waals surface area contributed by atoms with E-state index in [1.807, 2.05) is 6.07 Å². The molecule has 0 radical (unpaired) electrons. The zero-order chi connectivity index (χ0) is 18.0. The lowest BCUT2D eigenvalue weighted by Gasteiger charge is -2.17. The van der Waals surface area contributed by atoms with Crippen molar-refractivity contribution in [3.8, 4) is 6.07 Å². The van der Waals surface area contributed by atoms with Gasteiger partial charge in [-0.3, -0.25) is 9.69 Å². The largest absolute Gasteiger partial charge is 0.401 e. The molecule has 128 valence electrons. The van der Waals surface area contributed by atoms with Crippen LogP contribution in [0.15, 0.2) is 42.5 Å². The quantitative estimate of drug-likeness (QED) is 0.923. The number of alkyl halides is 3. The van der Waals surface area contributed by atoms with E-state index < -0.39 is 18.6 Å². The molecule has 1 aliphatic heterocycles. The molecule has 1 aliphatic rings. The van der Waals surface area contributed by atoms with Crippen molar-refractivity contribution in [2.24, 2.45) is 0 Å². The fraction of sp³-hybridized carbons (Fsp3) is 0.222. The molecule has 1 heterocycles. The van der Waals surface area contributed by atoms with Gasteiger partial charge in [0.1, 0.15) is 0 Å². The minimum Gasteiger partial charge on any atom is -0.322 e. The molecule has 2 aromatic carbocycles. The summed E-state index contributed by atoms with van der Waals surface area (Å²) in [5.41, 5.74) is 2.64. The molecule has 1 N–H and O–H groups in total. The lowest BCUT2D eigenvalue weighted by Crippen LogP contribution is -2.30. The Morgan fingerprint density at radius 2 is 1.96 bits per heavy atom. The number of rotatable bonds is 3. The van der Waals surface area contributed by atoms with Gasteiger partial charge in [0.15, 0.2) is 0 Å². The second kappa shape index (κ2) is 6.57. The highest BCUT2D eigenvalue weighted by Crippen LogP contribution is 2.31. The summed E-state index contributed by atoms with van der Waals surface area (Å²) in [4.78, 5) is 13.7. The molecule has 0 aromatic heterocycles. The first-order valence-electron chi connectivity index (χ1n) is 7.57. The number of carbonyl (C=O) groups excluding carboxylic acids is 1. The Labute approximate surface area is 142 Å². The van der Waals surface area contributed by atoms with E-state index in [-0.39, 0.29) is 13.1 Å². The van der Waals surface area contributed by atoms with Crippen LogP contribution in [-0.4, -0.2) is 23.5 Å². The third-order valence-electron chi connectivity index (χ3n) is 3.95. The van der Waals surface area contributed by atoms with Crippen LogP contribution in [0.2, 0.25) is 0 Å². The predicted octanol–water partition coefficient (Wildman–Crippen LogP) is 3.69. The molecule has 0 unspecified atom stereocenters. The standard InChI is InChI=1S/C18H14F3N3O/c19-18(20,21)11-24-9-14-5-2-6-16(15(14)10-24)23-17(25)13-4-1-3-12(7-13)8-22/h1-7H,9-11H2,(H,23,25). The van der Waals surface area contributed by atoms with E-state index in [1.165, 1.54) is 11.0 Å². The van der Waals surface area contributed by atoms with Gasteiger partial charge in [-0.25, -0.2) is 0 Å².